The SMILES string of the molecule is NCCOCCOCCNc1nc(NCc2cccc(Cl)c2)nc(Oc2c(F)c(F)c(F)c(F)c2F)n1. The summed E-state index contributed by atoms with van der Waals surface area (Å²) in [5.74, 6) is -12.8. The van der Waals surface area contributed by atoms with Gasteiger partial charge < -0.3 is 30.6 Å². The number of benzene rings is 2. The number of hydrogen-bond donors (Lipinski definition) is 3. The number of nitrogens with two attached hydrogens (primary N) is 1. The van der Waals surface area contributed by atoms with Crippen LogP contribution in [0.4, 0.5) is 33.8 Å². The maximum Gasteiger partial charge on any atom is 0.328 e. The van der Waals surface area contributed by atoms with E-state index in [-0.39, 0.29) is 31.6 Å². The van der Waals surface area contributed by atoms with E-state index in [0.29, 0.717) is 31.4 Å². The zero-order valence-electron chi connectivity index (χ0n) is 19.2. The van der Waals surface area contributed by atoms with Crippen LogP contribution in [0, 0.1) is 29.1 Å². The average molecular weight is 549 g/mol. The molecule has 0 fully saturated rings. The summed E-state index contributed by atoms with van der Waals surface area (Å²) in [5.41, 5.74) is 6.06. The molecular formula is C22H22ClF5N6O3. The van der Waals surface area contributed by atoms with Crippen molar-refractivity contribution in [1.82, 2.24) is 15.0 Å². The summed E-state index contributed by atoms with van der Waals surface area (Å²) < 4.78 is 84.1. The van der Waals surface area contributed by atoms with Crippen LogP contribution in [0.1, 0.15) is 5.56 Å². The predicted octanol–water partition coefficient (Wildman–Crippen LogP) is 4.03. The molecule has 0 spiro atoms. The van der Waals surface area contributed by atoms with Crippen molar-refractivity contribution in [3.63, 3.8) is 0 Å². The summed E-state index contributed by atoms with van der Waals surface area (Å²) in [5, 5.41) is 6.14. The molecule has 0 amide bonds. The van der Waals surface area contributed by atoms with Gasteiger partial charge in [0.1, 0.15) is 0 Å². The minimum atomic E-state index is -2.32. The number of halogens is 6. The van der Waals surface area contributed by atoms with Crippen molar-refractivity contribution in [2.75, 3.05) is 50.2 Å². The van der Waals surface area contributed by atoms with E-state index >= 15 is 0 Å². The van der Waals surface area contributed by atoms with Gasteiger partial charge in [-0.3, -0.25) is 0 Å². The van der Waals surface area contributed by atoms with Crippen molar-refractivity contribution in [3.05, 3.63) is 63.9 Å². The van der Waals surface area contributed by atoms with Gasteiger partial charge in [-0.2, -0.15) is 23.7 Å². The molecule has 1 heterocycles. The Labute approximate surface area is 213 Å². The maximum atomic E-state index is 14.1. The lowest BCUT2D eigenvalue weighted by molar-refractivity contribution is 0.0547. The van der Waals surface area contributed by atoms with Crippen molar-refractivity contribution in [1.29, 1.82) is 0 Å². The topological polar surface area (TPSA) is 116 Å². The van der Waals surface area contributed by atoms with E-state index in [4.69, 9.17) is 31.5 Å². The number of hydrogen-bond acceptors (Lipinski definition) is 9. The molecule has 0 atom stereocenters. The molecule has 9 nitrogen and oxygen atoms in total. The molecule has 0 aliphatic heterocycles. The van der Waals surface area contributed by atoms with Gasteiger partial charge in [-0.1, -0.05) is 23.7 Å². The normalized spacial score (nSPS) is 11.0. The van der Waals surface area contributed by atoms with Crippen molar-refractivity contribution in [2.24, 2.45) is 5.73 Å². The molecule has 0 saturated heterocycles. The van der Waals surface area contributed by atoms with E-state index < -0.39 is 40.8 Å². The van der Waals surface area contributed by atoms with Gasteiger partial charge in [-0.05, 0) is 17.7 Å². The molecule has 0 saturated carbocycles. The van der Waals surface area contributed by atoms with Gasteiger partial charge in [0.2, 0.25) is 46.7 Å². The molecule has 3 aromatic rings. The van der Waals surface area contributed by atoms with E-state index in [2.05, 4.69) is 25.6 Å². The first-order chi connectivity index (χ1) is 17.8. The summed E-state index contributed by atoms with van der Waals surface area (Å²) in [6.07, 6.45) is 0. The lowest BCUT2D eigenvalue weighted by atomic mass is 10.2. The number of rotatable bonds is 14. The maximum absolute atomic E-state index is 14.1. The fourth-order valence-electron chi connectivity index (χ4n) is 2.79. The highest BCUT2D eigenvalue weighted by atomic mass is 35.5. The van der Waals surface area contributed by atoms with E-state index in [9.17, 15) is 22.0 Å². The first kappa shape index (κ1) is 28.2. The monoisotopic (exact) mass is 548 g/mol. The summed E-state index contributed by atoms with van der Waals surface area (Å²) >= 11 is 5.97. The molecule has 15 heteroatoms. The lowest BCUT2D eigenvalue weighted by Gasteiger charge is -2.12. The Morgan fingerprint density at radius 1 is 0.784 bits per heavy atom. The largest absolute Gasteiger partial charge is 0.418 e. The first-order valence-electron chi connectivity index (χ1n) is 10.8. The Kier molecular flexibility index (Phi) is 10.6. The number of aromatic nitrogens is 3. The molecule has 0 aliphatic rings. The third-order valence-corrected chi connectivity index (χ3v) is 4.72. The molecule has 2 aromatic carbocycles. The minimum Gasteiger partial charge on any atom is -0.418 e. The van der Waals surface area contributed by atoms with Crippen LogP contribution >= 0.6 is 11.6 Å². The molecular weight excluding hydrogens is 527 g/mol. The van der Waals surface area contributed by atoms with Gasteiger partial charge in [-0.25, -0.2) is 13.2 Å². The fourth-order valence-corrected chi connectivity index (χ4v) is 3.01. The van der Waals surface area contributed by atoms with Crippen LogP contribution in [0.25, 0.3) is 0 Å². The second-order valence-corrected chi connectivity index (χ2v) is 7.63. The van der Waals surface area contributed by atoms with E-state index in [1.165, 1.54) is 0 Å². The number of nitrogens with one attached hydrogen (secondary N) is 2. The Balaban J connectivity index is 1.76. The molecule has 0 unspecified atom stereocenters. The van der Waals surface area contributed by atoms with Crippen LogP contribution in [0.5, 0.6) is 11.8 Å². The third-order valence-electron chi connectivity index (χ3n) is 4.48. The van der Waals surface area contributed by atoms with Crippen LogP contribution in [-0.4, -0.2) is 54.5 Å². The van der Waals surface area contributed by atoms with Gasteiger partial charge in [0.15, 0.2) is 0 Å². The Hall–Kier alpha value is -3.33. The average Bonchev–Trinajstić information content (AvgIpc) is 2.89. The molecule has 0 aliphatic carbocycles. The zero-order chi connectivity index (χ0) is 26.8. The number of ether oxygens (including phenoxy) is 3. The third kappa shape index (κ3) is 8.08. The number of nitrogens with zero attached hydrogens (tertiary/aromatic N) is 3. The van der Waals surface area contributed by atoms with E-state index in [0.717, 1.165) is 5.56 Å². The van der Waals surface area contributed by atoms with Crippen molar-refractivity contribution >= 4 is 23.5 Å². The second-order valence-electron chi connectivity index (χ2n) is 7.19. The molecule has 0 bridgehead atoms. The standard InChI is InChI=1S/C22H22ClF5N6O3/c23-13-3-1-2-12(10-13)11-31-21-32-20(30-5-7-36-9-8-35-6-4-29)33-22(34-21)37-19-17(27)15(25)14(24)16(26)18(19)28/h1-3,10H,4-9,11,29H2,(H2,30,31,32,33,34). The quantitative estimate of drug-likeness (QED) is 0.119. The number of anilines is 2. The smallest absolute Gasteiger partial charge is 0.328 e. The molecule has 1 aromatic heterocycles. The summed E-state index contributed by atoms with van der Waals surface area (Å²) in [4.78, 5) is 11.8. The Morgan fingerprint density at radius 2 is 1.41 bits per heavy atom. The van der Waals surface area contributed by atoms with Gasteiger partial charge in [0.25, 0.3) is 0 Å². The molecule has 4 N–H and O–H groups in total. The second kappa shape index (κ2) is 13.8. The zero-order valence-corrected chi connectivity index (χ0v) is 19.9. The van der Waals surface area contributed by atoms with Crippen LogP contribution in [0.2, 0.25) is 5.02 Å². The minimum absolute atomic E-state index is 0.118. The van der Waals surface area contributed by atoms with Crippen LogP contribution in [-0.2, 0) is 16.0 Å². The highest BCUT2D eigenvalue weighted by molar-refractivity contribution is 6.30. The Morgan fingerprint density at radius 3 is 2.05 bits per heavy atom. The fraction of sp³-hybridized carbons (Fsp3) is 0.318. The van der Waals surface area contributed by atoms with Gasteiger partial charge in [0.05, 0.1) is 26.4 Å². The molecule has 3 rings (SSSR count). The predicted molar refractivity (Wildman–Crippen MR) is 124 cm³/mol. The summed E-state index contributed by atoms with van der Waals surface area (Å²) in [6, 6.07) is 6.11. The summed E-state index contributed by atoms with van der Waals surface area (Å²) in [7, 11) is 0. The molecule has 200 valence electrons. The van der Waals surface area contributed by atoms with Crippen LogP contribution in [0.15, 0.2) is 24.3 Å². The highest BCUT2D eigenvalue weighted by Crippen LogP contribution is 2.32. The van der Waals surface area contributed by atoms with Gasteiger partial charge in [-0.15, -0.1) is 0 Å². The van der Waals surface area contributed by atoms with Crippen molar-refractivity contribution < 1.29 is 36.2 Å². The lowest BCUT2D eigenvalue weighted by Crippen LogP contribution is -2.16. The molecule has 0 radical (unpaired) electrons. The highest BCUT2D eigenvalue weighted by Gasteiger charge is 2.28. The van der Waals surface area contributed by atoms with Crippen LogP contribution < -0.4 is 21.1 Å². The van der Waals surface area contributed by atoms with Crippen molar-refractivity contribution in [3.8, 4) is 11.8 Å². The van der Waals surface area contributed by atoms with Crippen LogP contribution in [0.3, 0.4) is 0 Å². The Bertz CT molecular complexity index is 1180. The van der Waals surface area contributed by atoms with Gasteiger partial charge in [0, 0.05) is 24.7 Å². The van der Waals surface area contributed by atoms with Gasteiger partial charge >= 0.3 is 6.01 Å². The van der Waals surface area contributed by atoms with E-state index in [1.807, 2.05) is 0 Å². The van der Waals surface area contributed by atoms with E-state index in [1.54, 1.807) is 24.3 Å². The molecule has 37 heavy (non-hydrogen) atoms. The summed E-state index contributed by atoms with van der Waals surface area (Å²) in [6.45, 7) is 2.03. The first-order valence-corrected chi connectivity index (χ1v) is 11.2. The van der Waals surface area contributed by atoms with Crippen molar-refractivity contribution in [2.45, 2.75) is 6.54 Å².